The fourth-order valence-corrected chi connectivity index (χ4v) is 1.99. The van der Waals surface area contributed by atoms with Crippen molar-refractivity contribution >= 4 is 5.82 Å². The van der Waals surface area contributed by atoms with Gasteiger partial charge in [0.1, 0.15) is 12.1 Å². The first-order valence-electron chi connectivity index (χ1n) is 7.08. The minimum Gasteiger partial charge on any atom is -0.369 e. The summed E-state index contributed by atoms with van der Waals surface area (Å²) in [7, 11) is 0. The summed E-state index contributed by atoms with van der Waals surface area (Å²) >= 11 is 0. The zero-order valence-corrected chi connectivity index (χ0v) is 12.8. The lowest BCUT2D eigenvalue weighted by Crippen LogP contribution is -2.37. The number of aromatic nitrogens is 2. The molecule has 19 heavy (non-hydrogen) atoms. The van der Waals surface area contributed by atoms with Gasteiger partial charge in [-0.2, -0.15) is 0 Å². The molecule has 1 aromatic rings. The van der Waals surface area contributed by atoms with Gasteiger partial charge in [-0.25, -0.2) is 9.97 Å². The van der Waals surface area contributed by atoms with Crippen LogP contribution in [-0.4, -0.2) is 23.1 Å². The molecule has 1 aliphatic heterocycles. The Morgan fingerprint density at radius 3 is 2.63 bits per heavy atom. The van der Waals surface area contributed by atoms with Gasteiger partial charge in [0.05, 0.1) is 5.69 Å². The van der Waals surface area contributed by atoms with Gasteiger partial charge in [-0.1, -0.05) is 34.6 Å². The van der Waals surface area contributed by atoms with E-state index in [0.29, 0.717) is 0 Å². The molecule has 106 valence electrons. The molecule has 0 spiro atoms. The summed E-state index contributed by atoms with van der Waals surface area (Å²) in [4.78, 5) is 8.80. The molecular weight excluding hydrogens is 236 g/mol. The highest BCUT2D eigenvalue weighted by Gasteiger charge is 2.32. The predicted octanol–water partition coefficient (Wildman–Crippen LogP) is 2.61. The molecule has 2 rings (SSSR count). The van der Waals surface area contributed by atoms with E-state index in [0.717, 1.165) is 31.9 Å². The van der Waals surface area contributed by atoms with Gasteiger partial charge >= 0.3 is 0 Å². The number of nitrogens with one attached hydrogen (secondary N) is 2. The number of fused-ring (bicyclic) bond motifs is 1. The van der Waals surface area contributed by atoms with Crippen molar-refractivity contribution in [1.29, 1.82) is 0 Å². The molecule has 0 saturated heterocycles. The lowest BCUT2D eigenvalue weighted by molar-refractivity contribution is 0.148. The monoisotopic (exact) mass is 262 g/mol. The zero-order valence-electron chi connectivity index (χ0n) is 12.8. The highest BCUT2D eigenvalue weighted by Crippen LogP contribution is 2.37. The van der Waals surface area contributed by atoms with E-state index in [1.807, 2.05) is 0 Å². The fraction of sp³-hybridized carbons (Fsp3) is 0.733. The first-order valence-corrected chi connectivity index (χ1v) is 7.08. The summed E-state index contributed by atoms with van der Waals surface area (Å²) in [6.07, 6.45) is 2.67. The van der Waals surface area contributed by atoms with Crippen LogP contribution in [0.1, 0.15) is 45.9 Å². The normalized spacial score (nSPS) is 16.1. The predicted molar refractivity (Wildman–Crippen MR) is 79.2 cm³/mol. The molecule has 2 heterocycles. The molecule has 0 saturated carbocycles. The maximum absolute atomic E-state index is 4.41. The highest BCUT2D eigenvalue weighted by molar-refractivity contribution is 5.47. The van der Waals surface area contributed by atoms with Crippen LogP contribution in [0.3, 0.4) is 0 Å². The highest BCUT2D eigenvalue weighted by atomic mass is 15.0. The number of anilines is 1. The molecule has 0 atom stereocenters. The number of rotatable bonds is 3. The smallest absolute Gasteiger partial charge is 0.134 e. The molecular formula is C15H26N4. The van der Waals surface area contributed by atoms with Gasteiger partial charge in [0.15, 0.2) is 0 Å². The summed E-state index contributed by atoms with van der Waals surface area (Å²) in [5, 5.41) is 6.92. The van der Waals surface area contributed by atoms with Crippen LogP contribution in [0.5, 0.6) is 0 Å². The Hall–Kier alpha value is -1.16. The Balaban J connectivity index is 2.12. The standard InChI is InChI=1S/C15H26N4/c1-14(2,3)15(4,5)9-17-13-11-8-16-7-6-12(11)18-10-19-13/h10,16H,6-9H2,1-5H3,(H,17,18,19). The van der Waals surface area contributed by atoms with Crippen LogP contribution in [0, 0.1) is 10.8 Å². The Bertz CT molecular complexity index is 446. The average Bonchev–Trinajstić information content (AvgIpc) is 2.35. The van der Waals surface area contributed by atoms with Crippen LogP contribution in [0.4, 0.5) is 5.82 Å². The first-order chi connectivity index (χ1) is 8.81. The summed E-state index contributed by atoms with van der Waals surface area (Å²) in [5.74, 6) is 0.995. The van der Waals surface area contributed by atoms with Crippen molar-refractivity contribution in [2.45, 2.75) is 47.6 Å². The molecule has 1 aliphatic rings. The molecule has 1 aromatic heterocycles. The van der Waals surface area contributed by atoms with E-state index in [1.54, 1.807) is 6.33 Å². The van der Waals surface area contributed by atoms with Gasteiger partial charge in [0.2, 0.25) is 0 Å². The molecule has 0 fully saturated rings. The minimum absolute atomic E-state index is 0.201. The van der Waals surface area contributed by atoms with Crippen molar-refractivity contribution in [3.63, 3.8) is 0 Å². The van der Waals surface area contributed by atoms with Crippen LogP contribution in [0.15, 0.2) is 6.33 Å². The third-order valence-electron chi connectivity index (χ3n) is 4.60. The topological polar surface area (TPSA) is 49.8 Å². The molecule has 0 radical (unpaired) electrons. The van der Waals surface area contributed by atoms with Gasteiger partial charge in [0, 0.05) is 31.6 Å². The van der Waals surface area contributed by atoms with E-state index in [-0.39, 0.29) is 10.8 Å². The van der Waals surface area contributed by atoms with E-state index in [4.69, 9.17) is 0 Å². The Kier molecular flexibility index (Phi) is 3.81. The third kappa shape index (κ3) is 3.06. The summed E-state index contributed by atoms with van der Waals surface area (Å²) in [6, 6.07) is 0. The summed E-state index contributed by atoms with van der Waals surface area (Å²) in [5.41, 5.74) is 2.88. The summed E-state index contributed by atoms with van der Waals surface area (Å²) < 4.78 is 0. The maximum atomic E-state index is 4.41. The van der Waals surface area contributed by atoms with Crippen molar-refractivity contribution in [2.75, 3.05) is 18.4 Å². The number of hydrogen-bond donors (Lipinski definition) is 2. The van der Waals surface area contributed by atoms with Gasteiger partial charge < -0.3 is 10.6 Å². The fourth-order valence-electron chi connectivity index (χ4n) is 1.99. The Morgan fingerprint density at radius 2 is 1.95 bits per heavy atom. The van der Waals surface area contributed by atoms with Crippen LogP contribution >= 0.6 is 0 Å². The first kappa shape index (κ1) is 14.3. The van der Waals surface area contributed by atoms with E-state index in [9.17, 15) is 0 Å². The molecule has 0 aliphatic carbocycles. The van der Waals surface area contributed by atoms with Gasteiger partial charge in [-0.15, -0.1) is 0 Å². The largest absolute Gasteiger partial charge is 0.369 e. The van der Waals surface area contributed by atoms with Crippen molar-refractivity contribution in [3.05, 3.63) is 17.6 Å². The molecule has 4 nitrogen and oxygen atoms in total. The molecule has 4 heteroatoms. The van der Waals surface area contributed by atoms with Gasteiger partial charge in [0.25, 0.3) is 0 Å². The zero-order chi connectivity index (χ0) is 14.1. The van der Waals surface area contributed by atoms with E-state index in [1.165, 1.54) is 11.3 Å². The van der Waals surface area contributed by atoms with E-state index < -0.39 is 0 Å². The van der Waals surface area contributed by atoms with Crippen LogP contribution in [0.25, 0.3) is 0 Å². The number of nitrogens with zero attached hydrogens (tertiary/aromatic N) is 2. The molecule has 0 amide bonds. The SMILES string of the molecule is CC(C)(C)C(C)(C)CNc1ncnc2c1CNCC2. The van der Waals surface area contributed by atoms with Crippen LogP contribution < -0.4 is 10.6 Å². The average molecular weight is 262 g/mol. The van der Waals surface area contributed by atoms with Crippen molar-refractivity contribution in [3.8, 4) is 0 Å². The van der Waals surface area contributed by atoms with E-state index >= 15 is 0 Å². The lowest BCUT2D eigenvalue weighted by Gasteiger charge is -2.39. The summed E-state index contributed by atoms with van der Waals surface area (Å²) in [6.45, 7) is 14.2. The van der Waals surface area contributed by atoms with Gasteiger partial charge in [-0.05, 0) is 10.8 Å². The molecule has 0 bridgehead atoms. The Labute approximate surface area is 116 Å². The Morgan fingerprint density at radius 1 is 1.21 bits per heavy atom. The minimum atomic E-state index is 0.201. The lowest BCUT2D eigenvalue weighted by atomic mass is 9.69. The van der Waals surface area contributed by atoms with Crippen molar-refractivity contribution in [2.24, 2.45) is 10.8 Å². The van der Waals surface area contributed by atoms with Crippen LogP contribution in [0.2, 0.25) is 0 Å². The molecule has 0 aromatic carbocycles. The van der Waals surface area contributed by atoms with Crippen molar-refractivity contribution < 1.29 is 0 Å². The molecule has 0 unspecified atom stereocenters. The second-order valence-electron chi connectivity index (χ2n) is 7.06. The maximum Gasteiger partial charge on any atom is 0.134 e. The second-order valence-corrected chi connectivity index (χ2v) is 7.06. The third-order valence-corrected chi connectivity index (χ3v) is 4.60. The van der Waals surface area contributed by atoms with Crippen molar-refractivity contribution in [1.82, 2.24) is 15.3 Å². The van der Waals surface area contributed by atoms with Gasteiger partial charge in [-0.3, -0.25) is 0 Å². The molecule has 2 N–H and O–H groups in total. The second kappa shape index (κ2) is 5.08. The van der Waals surface area contributed by atoms with Crippen LogP contribution in [-0.2, 0) is 13.0 Å². The van der Waals surface area contributed by atoms with E-state index in [2.05, 4.69) is 55.2 Å². The number of hydrogen-bond acceptors (Lipinski definition) is 4. The quantitative estimate of drug-likeness (QED) is 0.879.